The SMILES string of the molecule is CCCCCCCOc1ccc(NC(=O)CNc2ccc(OCCOCC)cc2)cc1. The molecule has 2 rings (SSSR count). The molecule has 2 aromatic rings. The summed E-state index contributed by atoms with van der Waals surface area (Å²) in [6, 6.07) is 15.0. The summed E-state index contributed by atoms with van der Waals surface area (Å²) >= 11 is 0. The highest BCUT2D eigenvalue weighted by Gasteiger charge is 2.04. The lowest BCUT2D eigenvalue weighted by Crippen LogP contribution is -2.21. The van der Waals surface area contributed by atoms with E-state index in [-0.39, 0.29) is 12.5 Å². The Balaban J connectivity index is 1.64. The number of nitrogens with one attached hydrogen (secondary N) is 2. The van der Waals surface area contributed by atoms with Crippen molar-refractivity contribution in [1.29, 1.82) is 0 Å². The molecule has 0 saturated heterocycles. The van der Waals surface area contributed by atoms with E-state index in [1.54, 1.807) is 0 Å². The molecule has 2 N–H and O–H groups in total. The van der Waals surface area contributed by atoms with E-state index >= 15 is 0 Å². The van der Waals surface area contributed by atoms with Crippen molar-refractivity contribution in [2.45, 2.75) is 46.0 Å². The van der Waals surface area contributed by atoms with Gasteiger partial charge in [-0.25, -0.2) is 0 Å². The summed E-state index contributed by atoms with van der Waals surface area (Å²) in [7, 11) is 0. The van der Waals surface area contributed by atoms with Gasteiger partial charge in [0.05, 0.1) is 19.8 Å². The van der Waals surface area contributed by atoms with Crippen LogP contribution >= 0.6 is 0 Å². The van der Waals surface area contributed by atoms with Gasteiger partial charge in [0.2, 0.25) is 5.91 Å². The van der Waals surface area contributed by atoms with Gasteiger partial charge in [-0.15, -0.1) is 0 Å². The maximum Gasteiger partial charge on any atom is 0.243 e. The van der Waals surface area contributed by atoms with E-state index in [1.807, 2.05) is 55.5 Å². The molecule has 0 aliphatic rings. The summed E-state index contributed by atoms with van der Waals surface area (Å²) in [5.74, 6) is 1.50. The molecule has 0 heterocycles. The summed E-state index contributed by atoms with van der Waals surface area (Å²) in [6.45, 7) is 6.86. The molecule has 0 fully saturated rings. The van der Waals surface area contributed by atoms with Crippen LogP contribution in [0, 0.1) is 0 Å². The van der Waals surface area contributed by atoms with Gasteiger partial charge in [0.25, 0.3) is 0 Å². The zero-order valence-corrected chi connectivity index (χ0v) is 18.8. The fraction of sp³-hybridized carbons (Fsp3) is 0.480. The molecule has 0 bridgehead atoms. The number of benzene rings is 2. The summed E-state index contributed by atoms with van der Waals surface area (Å²) in [6.07, 6.45) is 6.09. The molecule has 0 saturated carbocycles. The first-order chi connectivity index (χ1) is 15.2. The van der Waals surface area contributed by atoms with Crippen LogP contribution in [-0.2, 0) is 9.53 Å². The van der Waals surface area contributed by atoms with Crippen molar-refractivity contribution in [3.05, 3.63) is 48.5 Å². The van der Waals surface area contributed by atoms with Gasteiger partial charge in [-0.1, -0.05) is 32.6 Å². The molecule has 6 nitrogen and oxygen atoms in total. The third-order valence-electron chi connectivity index (χ3n) is 4.66. The first-order valence-corrected chi connectivity index (χ1v) is 11.3. The highest BCUT2D eigenvalue weighted by Crippen LogP contribution is 2.17. The number of anilines is 2. The average molecular weight is 429 g/mol. The van der Waals surface area contributed by atoms with E-state index in [1.165, 1.54) is 25.7 Å². The quantitative estimate of drug-likeness (QED) is 0.346. The first kappa shape index (κ1) is 24.5. The van der Waals surface area contributed by atoms with Gasteiger partial charge in [0, 0.05) is 18.0 Å². The van der Waals surface area contributed by atoms with E-state index in [0.29, 0.717) is 19.8 Å². The smallest absolute Gasteiger partial charge is 0.243 e. The Labute approximate surface area is 186 Å². The Morgan fingerprint density at radius 3 is 2.00 bits per heavy atom. The van der Waals surface area contributed by atoms with Crippen molar-refractivity contribution in [1.82, 2.24) is 0 Å². The lowest BCUT2D eigenvalue weighted by Gasteiger charge is -2.10. The normalized spacial score (nSPS) is 10.5. The average Bonchev–Trinajstić information content (AvgIpc) is 2.79. The number of hydrogen-bond acceptors (Lipinski definition) is 5. The van der Waals surface area contributed by atoms with Crippen LogP contribution in [0.5, 0.6) is 11.5 Å². The fourth-order valence-corrected chi connectivity index (χ4v) is 2.95. The van der Waals surface area contributed by atoms with E-state index in [9.17, 15) is 4.79 Å². The predicted molar refractivity (Wildman–Crippen MR) is 126 cm³/mol. The minimum Gasteiger partial charge on any atom is -0.494 e. The van der Waals surface area contributed by atoms with Gasteiger partial charge in [0.15, 0.2) is 0 Å². The Bertz CT molecular complexity index is 732. The first-order valence-electron chi connectivity index (χ1n) is 11.3. The van der Waals surface area contributed by atoms with Crippen LogP contribution in [0.15, 0.2) is 48.5 Å². The predicted octanol–water partition coefficient (Wildman–Crippen LogP) is 5.50. The molecule has 0 spiro atoms. The number of amides is 1. The number of hydrogen-bond donors (Lipinski definition) is 2. The van der Waals surface area contributed by atoms with Crippen molar-refractivity contribution >= 4 is 17.3 Å². The minimum atomic E-state index is -0.110. The van der Waals surface area contributed by atoms with Gasteiger partial charge in [0.1, 0.15) is 18.1 Å². The van der Waals surface area contributed by atoms with Crippen molar-refractivity contribution < 1.29 is 19.0 Å². The maximum absolute atomic E-state index is 12.2. The van der Waals surface area contributed by atoms with E-state index < -0.39 is 0 Å². The molecular weight excluding hydrogens is 392 g/mol. The number of carbonyl (C=O) groups is 1. The van der Waals surface area contributed by atoms with E-state index in [0.717, 1.165) is 35.9 Å². The van der Waals surface area contributed by atoms with Gasteiger partial charge in [-0.2, -0.15) is 0 Å². The molecule has 0 unspecified atom stereocenters. The monoisotopic (exact) mass is 428 g/mol. The minimum absolute atomic E-state index is 0.110. The Hall–Kier alpha value is -2.73. The van der Waals surface area contributed by atoms with Crippen LogP contribution < -0.4 is 20.1 Å². The van der Waals surface area contributed by atoms with Gasteiger partial charge < -0.3 is 24.8 Å². The Morgan fingerprint density at radius 2 is 1.35 bits per heavy atom. The van der Waals surface area contributed by atoms with Gasteiger partial charge in [-0.05, 0) is 61.9 Å². The lowest BCUT2D eigenvalue weighted by molar-refractivity contribution is -0.114. The molecule has 170 valence electrons. The highest BCUT2D eigenvalue weighted by atomic mass is 16.5. The lowest BCUT2D eigenvalue weighted by atomic mass is 10.2. The van der Waals surface area contributed by atoms with Crippen molar-refractivity contribution in [3.63, 3.8) is 0 Å². The second-order valence-corrected chi connectivity index (χ2v) is 7.26. The molecule has 2 aromatic carbocycles. The number of carbonyl (C=O) groups excluding carboxylic acids is 1. The van der Waals surface area contributed by atoms with Crippen molar-refractivity contribution in [2.75, 3.05) is 43.6 Å². The summed E-state index contributed by atoms with van der Waals surface area (Å²) in [4.78, 5) is 12.2. The van der Waals surface area contributed by atoms with Crippen LogP contribution in [0.2, 0.25) is 0 Å². The Kier molecular flexibility index (Phi) is 12.0. The fourth-order valence-electron chi connectivity index (χ4n) is 2.95. The molecule has 6 heteroatoms. The van der Waals surface area contributed by atoms with Gasteiger partial charge in [-0.3, -0.25) is 4.79 Å². The van der Waals surface area contributed by atoms with Crippen LogP contribution in [0.4, 0.5) is 11.4 Å². The molecule has 0 aliphatic heterocycles. The second-order valence-electron chi connectivity index (χ2n) is 7.26. The van der Waals surface area contributed by atoms with Gasteiger partial charge >= 0.3 is 0 Å². The second kappa shape index (κ2) is 15.1. The van der Waals surface area contributed by atoms with E-state index in [4.69, 9.17) is 14.2 Å². The van der Waals surface area contributed by atoms with Crippen molar-refractivity contribution in [3.8, 4) is 11.5 Å². The van der Waals surface area contributed by atoms with Crippen LogP contribution in [0.3, 0.4) is 0 Å². The van der Waals surface area contributed by atoms with Crippen molar-refractivity contribution in [2.24, 2.45) is 0 Å². The zero-order valence-electron chi connectivity index (χ0n) is 18.8. The highest BCUT2D eigenvalue weighted by molar-refractivity contribution is 5.93. The van der Waals surface area contributed by atoms with E-state index in [2.05, 4.69) is 17.6 Å². The maximum atomic E-state index is 12.2. The molecular formula is C25H36N2O4. The zero-order chi connectivity index (χ0) is 22.2. The summed E-state index contributed by atoms with van der Waals surface area (Å²) < 4.78 is 16.6. The number of ether oxygens (including phenoxy) is 3. The standard InChI is InChI=1S/C25H36N2O4/c1-3-5-6-7-8-17-30-23-15-11-22(12-16-23)27-25(28)20-26-21-9-13-24(14-10-21)31-19-18-29-4-2/h9-16,26H,3-8,17-20H2,1-2H3,(H,27,28). The number of unbranched alkanes of at least 4 members (excludes halogenated alkanes) is 4. The molecule has 0 radical (unpaired) electrons. The molecule has 0 aliphatic carbocycles. The molecule has 0 atom stereocenters. The largest absolute Gasteiger partial charge is 0.494 e. The van der Waals surface area contributed by atoms with Crippen LogP contribution in [0.1, 0.15) is 46.0 Å². The molecule has 1 amide bonds. The third-order valence-corrected chi connectivity index (χ3v) is 4.66. The topological polar surface area (TPSA) is 68.8 Å². The Morgan fingerprint density at radius 1 is 0.742 bits per heavy atom. The summed E-state index contributed by atoms with van der Waals surface area (Å²) in [5, 5.41) is 6.00. The summed E-state index contributed by atoms with van der Waals surface area (Å²) in [5.41, 5.74) is 1.61. The third kappa shape index (κ3) is 10.7. The van der Waals surface area contributed by atoms with Crippen LogP contribution in [-0.4, -0.2) is 38.9 Å². The molecule has 0 aromatic heterocycles. The molecule has 31 heavy (non-hydrogen) atoms. The van der Waals surface area contributed by atoms with Crippen LogP contribution in [0.25, 0.3) is 0 Å². The number of rotatable bonds is 16.